The van der Waals surface area contributed by atoms with Crippen LogP contribution >= 0.6 is 0 Å². The highest BCUT2D eigenvalue weighted by Crippen LogP contribution is 2.22. The zero-order valence-corrected chi connectivity index (χ0v) is 10.2. The maximum absolute atomic E-state index is 11.4. The topological polar surface area (TPSA) is 47.6 Å². The molecule has 0 aromatic heterocycles. The molecule has 0 spiro atoms. The van der Waals surface area contributed by atoms with E-state index in [1.807, 2.05) is 0 Å². The van der Waals surface area contributed by atoms with Crippen LogP contribution in [0.3, 0.4) is 0 Å². The Hall–Kier alpha value is -0.610. The van der Waals surface area contributed by atoms with E-state index in [4.69, 9.17) is 9.47 Å². The van der Waals surface area contributed by atoms with E-state index in [0.717, 1.165) is 6.54 Å². The molecule has 16 heavy (non-hydrogen) atoms. The fourth-order valence-electron chi connectivity index (χ4n) is 2.01. The molecule has 4 heteroatoms. The van der Waals surface area contributed by atoms with Crippen molar-refractivity contribution in [2.45, 2.75) is 32.1 Å². The van der Waals surface area contributed by atoms with Crippen molar-refractivity contribution >= 4 is 5.91 Å². The summed E-state index contributed by atoms with van der Waals surface area (Å²) < 4.78 is 9.96. The highest BCUT2D eigenvalue weighted by Gasteiger charge is 2.13. The molecule has 0 unspecified atom stereocenters. The molecular formula is C12H23NO3. The Kier molecular flexibility index (Phi) is 7.17. The first-order valence-corrected chi connectivity index (χ1v) is 6.16. The molecule has 4 nitrogen and oxygen atoms in total. The average molecular weight is 229 g/mol. The monoisotopic (exact) mass is 229 g/mol. The number of carbonyl (C=O) groups is 1. The van der Waals surface area contributed by atoms with Gasteiger partial charge in [0.15, 0.2) is 0 Å². The van der Waals surface area contributed by atoms with Crippen molar-refractivity contribution in [1.82, 2.24) is 5.32 Å². The Balaban J connectivity index is 1.96. The zero-order chi connectivity index (χ0) is 11.6. The van der Waals surface area contributed by atoms with Crippen molar-refractivity contribution < 1.29 is 14.3 Å². The van der Waals surface area contributed by atoms with Crippen molar-refractivity contribution in [3.63, 3.8) is 0 Å². The van der Waals surface area contributed by atoms with Gasteiger partial charge in [-0.25, -0.2) is 0 Å². The number of hydrogen-bond acceptors (Lipinski definition) is 3. The molecule has 0 aromatic rings. The predicted molar refractivity (Wildman–Crippen MR) is 62.3 cm³/mol. The highest BCUT2D eigenvalue weighted by atomic mass is 16.5. The van der Waals surface area contributed by atoms with Crippen LogP contribution in [-0.2, 0) is 14.3 Å². The summed E-state index contributed by atoms with van der Waals surface area (Å²) in [5.41, 5.74) is 0. The smallest absolute Gasteiger partial charge is 0.246 e. The van der Waals surface area contributed by atoms with Crippen LogP contribution in [-0.4, -0.2) is 39.4 Å². The summed E-state index contributed by atoms with van der Waals surface area (Å²) in [7, 11) is 1.62. The number of ether oxygens (including phenoxy) is 2. The van der Waals surface area contributed by atoms with Gasteiger partial charge in [-0.15, -0.1) is 0 Å². The third kappa shape index (κ3) is 6.08. The Morgan fingerprint density at radius 3 is 2.69 bits per heavy atom. The lowest BCUT2D eigenvalue weighted by atomic mass is 9.89. The van der Waals surface area contributed by atoms with E-state index >= 15 is 0 Å². The Morgan fingerprint density at radius 2 is 2.00 bits per heavy atom. The summed E-state index contributed by atoms with van der Waals surface area (Å²) in [6.45, 7) is 1.98. The number of amides is 1. The van der Waals surface area contributed by atoms with Gasteiger partial charge in [0.25, 0.3) is 0 Å². The number of carbonyl (C=O) groups excluding carboxylic acids is 1. The number of nitrogens with one attached hydrogen (secondary N) is 1. The van der Waals surface area contributed by atoms with Gasteiger partial charge in [0.05, 0.1) is 13.2 Å². The van der Waals surface area contributed by atoms with Gasteiger partial charge in [-0.3, -0.25) is 4.79 Å². The molecule has 0 aliphatic heterocycles. The second-order valence-electron chi connectivity index (χ2n) is 4.35. The molecule has 0 atom stereocenters. The van der Waals surface area contributed by atoms with Crippen LogP contribution in [0.5, 0.6) is 0 Å². The van der Waals surface area contributed by atoms with Gasteiger partial charge < -0.3 is 14.8 Å². The van der Waals surface area contributed by atoms with Crippen molar-refractivity contribution in [2.24, 2.45) is 5.92 Å². The molecular weight excluding hydrogens is 206 g/mol. The minimum Gasteiger partial charge on any atom is -0.382 e. The van der Waals surface area contributed by atoms with Crippen molar-refractivity contribution in [2.75, 3.05) is 33.5 Å². The standard InChI is InChI=1S/C12H23NO3/c1-15-7-8-16-10-12(14)13-9-11-5-3-2-4-6-11/h11H,2-10H2,1H3,(H,13,14). The van der Waals surface area contributed by atoms with Gasteiger partial charge in [-0.2, -0.15) is 0 Å². The van der Waals surface area contributed by atoms with E-state index in [1.165, 1.54) is 32.1 Å². The average Bonchev–Trinajstić information content (AvgIpc) is 2.33. The molecule has 1 N–H and O–H groups in total. The summed E-state index contributed by atoms with van der Waals surface area (Å²) in [4.78, 5) is 11.4. The van der Waals surface area contributed by atoms with E-state index in [0.29, 0.717) is 19.1 Å². The summed E-state index contributed by atoms with van der Waals surface area (Å²) in [5.74, 6) is 0.665. The van der Waals surface area contributed by atoms with Gasteiger partial charge >= 0.3 is 0 Å². The van der Waals surface area contributed by atoms with Gasteiger partial charge in [0.2, 0.25) is 5.91 Å². The van der Waals surface area contributed by atoms with Crippen LogP contribution in [0.4, 0.5) is 0 Å². The second kappa shape index (κ2) is 8.53. The first kappa shape index (κ1) is 13.5. The number of methoxy groups -OCH3 is 1. The molecule has 1 saturated carbocycles. The van der Waals surface area contributed by atoms with Gasteiger partial charge in [-0.1, -0.05) is 19.3 Å². The van der Waals surface area contributed by atoms with E-state index in [-0.39, 0.29) is 12.5 Å². The molecule has 0 bridgehead atoms. The van der Waals surface area contributed by atoms with Crippen LogP contribution in [0.2, 0.25) is 0 Å². The lowest BCUT2D eigenvalue weighted by Crippen LogP contribution is -2.33. The lowest BCUT2D eigenvalue weighted by molar-refractivity contribution is -0.126. The van der Waals surface area contributed by atoms with Crippen LogP contribution < -0.4 is 5.32 Å². The first-order chi connectivity index (χ1) is 7.83. The molecule has 0 heterocycles. The molecule has 1 aliphatic rings. The summed E-state index contributed by atoms with van der Waals surface area (Å²) in [6.07, 6.45) is 6.48. The van der Waals surface area contributed by atoms with Gasteiger partial charge in [0.1, 0.15) is 6.61 Å². The predicted octanol–water partition coefficient (Wildman–Crippen LogP) is 1.35. The quantitative estimate of drug-likeness (QED) is 0.670. The van der Waals surface area contributed by atoms with Crippen molar-refractivity contribution in [1.29, 1.82) is 0 Å². The van der Waals surface area contributed by atoms with Crippen molar-refractivity contribution in [3.8, 4) is 0 Å². The Bertz CT molecular complexity index is 191. The molecule has 0 aromatic carbocycles. The van der Waals surface area contributed by atoms with E-state index in [2.05, 4.69) is 5.32 Å². The van der Waals surface area contributed by atoms with Crippen LogP contribution in [0, 0.1) is 5.92 Å². The van der Waals surface area contributed by atoms with Crippen molar-refractivity contribution in [3.05, 3.63) is 0 Å². The normalized spacial score (nSPS) is 17.3. The molecule has 0 radical (unpaired) electrons. The van der Waals surface area contributed by atoms with Crippen LogP contribution in [0.1, 0.15) is 32.1 Å². The highest BCUT2D eigenvalue weighted by molar-refractivity contribution is 5.77. The SMILES string of the molecule is COCCOCC(=O)NCC1CCCCC1. The molecule has 1 rings (SSSR count). The lowest BCUT2D eigenvalue weighted by Gasteiger charge is -2.21. The molecule has 0 saturated heterocycles. The van der Waals surface area contributed by atoms with E-state index < -0.39 is 0 Å². The molecule has 1 amide bonds. The maximum atomic E-state index is 11.4. The van der Waals surface area contributed by atoms with Gasteiger partial charge in [-0.05, 0) is 18.8 Å². The maximum Gasteiger partial charge on any atom is 0.246 e. The summed E-state index contributed by atoms with van der Waals surface area (Å²) in [6, 6.07) is 0. The minimum atomic E-state index is -0.0123. The Morgan fingerprint density at radius 1 is 1.25 bits per heavy atom. The van der Waals surface area contributed by atoms with E-state index in [9.17, 15) is 4.79 Å². The number of hydrogen-bond donors (Lipinski definition) is 1. The summed E-state index contributed by atoms with van der Waals surface area (Å²) in [5, 5.41) is 2.92. The zero-order valence-electron chi connectivity index (χ0n) is 10.2. The summed E-state index contributed by atoms with van der Waals surface area (Å²) >= 11 is 0. The molecule has 1 aliphatic carbocycles. The first-order valence-electron chi connectivity index (χ1n) is 6.16. The number of rotatable bonds is 7. The third-order valence-corrected chi connectivity index (χ3v) is 2.98. The molecule has 1 fully saturated rings. The van der Waals surface area contributed by atoms with Gasteiger partial charge in [0, 0.05) is 13.7 Å². The fraction of sp³-hybridized carbons (Fsp3) is 0.917. The largest absolute Gasteiger partial charge is 0.382 e. The molecule has 94 valence electrons. The second-order valence-corrected chi connectivity index (χ2v) is 4.35. The Labute approximate surface area is 97.7 Å². The third-order valence-electron chi connectivity index (χ3n) is 2.98. The minimum absolute atomic E-state index is 0.0123. The van der Waals surface area contributed by atoms with Crippen LogP contribution in [0.25, 0.3) is 0 Å². The van der Waals surface area contributed by atoms with Crippen LogP contribution in [0.15, 0.2) is 0 Å². The fourth-order valence-corrected chi connectivity index (χ4v) is 2.01. The van der Waals surface area contributed by atoms with E-state index in [1.54, 1.807) is 7.11 Å².